The Morgan fingerprint density at radius 3 is 2.50 bits per heavy atom. The molecule has 1 aromatic carbocycles. The summed E-state index contributed by atoms with van der Waals surface area (Å²) >= 11 is 0. The molecule has 1 N–H and O–H groups in total. The SMILES string of the molecule is CCNC(CCCC(F)(F)F)Cc1cc(C)ccc1C. The van der Waals surface area contributed by atoms with Gasteiger partial charge in [0, 0.05) is 12.5 Å². The topological polar surface area (TPSA) is 12.0 Å². The van der Waals surface area contributed by atoms with Crippen molar-refractivity contribution >= 4 is 0 Å². The van der Waals surface area contributed by atoms with Gasteiger partial charge in [-0.1, -0.05) is 30.7 Å². The van der Waals surface area contributed by atoms with Gasteiger partial charge in [0.15, 0.2) is 0 Å². The van der Waals surface area contributed by atoms with E-state index in [1.807, 2.05) is 20.8 Å². The Kier molecular flexibility index (Phi) is 6.53. The Morgan fingerprint density at radius 1 is 1.20 bits per heavy atom. The molecule has 0 heterocycles. The van der Waals surface area contributed by atoms with Crippen molar-refractivity contribution in [3.63, 3.8) is 0 Å². The van der Waals surface area contributed by atoms with Crippen molar-refractivity contribution in [2.24, 2.45) is 0 Å². The predicted molar refractivity (Wildman–Crippen MR) is 77.0 cm³/mol. The zero-order chi connectivity index (χ0) is 15.2. The molecule has 1 rings (SSSR count). The molecule has 0 saturated carbocycles. The molecular formula is C16H24F3N. The summed E-state index contributed by atoms with van der Waals surface area (Å²) in [5, 5.41) is 3.30. The summed E-state index contributed by atoms with van der Waals surface area (Å²) < 4.78 is 36.6. The van der Waals surface area contributed by atoms with E-state index in [9.17, 15) is 13.2 Å². The zero-order valence-corrected chi connectivity index (χ0v) is 12.5. The summed E-state index contributed by atoms with van der Waals surface area (Å²) in [5.41, 5.74) is 3.62. The molecule has 0 bridgehead atoms. The van der Waals surface area contributed by atoms with Crippen molar-refractivity contribution in [1.82, 2.24) is 5.32 Å². The fourth-order valence-corrected chi connectivity index (χ4v) is 2.40. The van der Waals surface area contributed by atoms with Gasteiger partial charge in [-0.3, -0.25) is 0 Å². The van der Waals surface area contributed by atoms with Gasteiger partial charge in [0.2, 0.25) is 0 Å². The molecule has 1 atom stereocenters. The van der Waals surface area contributed by atoms with Gasteiger partial charge in [-0.2, -0.15) is 13.2 Å². The Balaban J connectivity index is 2.60. The highest BCUT2D eigenvalue weighted by atomic mass is 19.4. The molecule has 114 valence electrons. The average Bonchev–Trinajstić information content (AvgIpc) is 2.32. The Hall–Kier alpha value is -1.03. The Bertz CT molecular complexity index is 413. The maximum Gasteiger partial charge on any atom is 0.389 e. The van der Waals surface area contributed by atoms with Gasteiger partial charge in [-0.25, -0.2) is 0 Å². The number of halogens is 3. The first-order valence-corrected chi connectivity index (χ1v) is 7.18. The van der Waals surface area contributed by atoms with Crippen LogP contribution < -0.4 is 5.32 Å². The molecule has 0 fully saturated rings. The van der Waals surface area contributed by atoms with Gasteiger partial charge in [0.05, 0.1) is 0 Å². The van der Waals surface area contributed by atoms with Crippen molar-refractivity contribution in [3.05, 3.63) is 34.9 Å². The largest absolute Gasteiger partial charge is 0.389 e. The van der Waals surface area contributed by atoms with Crippen LogP contribution in [0.1, 0.15) is 42.9 Å². The third-order valence-electron chi connectivity index (χ3n) is 3.48. The second kappa shape index (κ2) is 7.67. The van der Waals surface area contributed by atoms with E-state index in [-0.39, 0.29) is 12.5 Å². The highest BCUT2D eigenvalue weighted by molar-refractivity contribution is 5.31. The average molecular weight is 287 g/mol. The molecule has 4 heteroatoms. The molecule has 0 radical (unpaired) electrons. The van der Waals surface area contributed by atoms with E-state index in [4.69, 9.17) is 0 Å². The molecule has 0 saturated heterocycles. The minimum Gasteiger partial charge on any atom is -0.314 e. The number of rotatable bonds is 7. The predicted octanol–water partition coefficient (Wildman–Crippen LogP) is 4.56. The van der Waals surface area contributed by atoms with Crippen LogP contribution in [0.5, 0.6) is 0 Å². The fraction of sp³-hybridized carbons (Fsp3) is 0.625. The number of nitrogens with one attached hydrogen (secondary N) is 1. The number of hydrogen-bond acceptors (Lipinski definition) is 1. The fourth-order valence-electron chi connectivity index (χ4n) is 2.40. The maximum absolute atomic E-state index is 12.2. The number of hydrogen-bond donors (Lipinski definition) is 1. The molecule has 0 spiro atoms. The van der Waals surface area contributed by atoms with E-state index in [1.54, 1.807) is 0 Å². The minimum absolute atomic E-state index is 0.114. The number of aryl methyl sites for hydroxylation is 2. The van der Waals surface area contributed by atoms with Gasteiger partial charge in [-0.05, 0) is 50.8 Å². The molecule has 0 aliphatic heterocycles. The molecule has 0 aliphatic rings. The standard InChI is InChI=1S/C16H24F3N/c1-4-20-15(6-5-9-16(17,18)19)11-14-10-12(2)7-8-13(14)3/h7-8,10,15,20H,4-6,9,11H2,1-3H3. The highest BCUT2D eigenvalue weighted by Gasteiger charge is 2.26. The molecule has 0 aliphatic carbocycles. The van der Waals surface area contributed by atoms with Crippen molar-refractivity contribution < 1.29 is 13.2 Å². The molecule has 20 heavy (non-hydrogen) atoms. The van der Waals surface area contributed by atoms with Crippen LogP contribution in [0.15, 0.2) is 18.2 Å². The maximum atomic E-state index is 12.2. The second-order valence-corrected chi connectivity index (χ2v) is 5.40. The Morgan fingerprint density at radius 2 is 1.90 bits per heavy atom. The quantitative estimate of drug-likeness (QED) is 0.775. The lowest BCUT2D eigenvalue weighted by Crippen LogP contribution is -2.31. The van der Waals surface area contributed by atoms with E-state index in [2.05, 4.69) is 23.5 Å². The summed E-state index contributed by atoms with van der Waals surface area (Å²) in [4.78, 5) is 0. The number of likely N-dealkylation sites (N-methyl/N-ethyl adjacent to an activating group) is 1. The van der Waals surface area contributed by atoms with Crippen molar-refractivity contribution in [1.29, 1.82) is 0 Å². The van der Waals surface area contributed by atoms with Crippen LogP contribution in [-0.4, -0.2) is 18.8 Å². The first kappa shape index (κ1) is 17.0. The van der Waals surface area contributed by atoms with Gasteiger partial charge in [-0.15, -0.1) is 0 Å². The second-order valence-electron chi connectivity index (χ2n) is 5.40. The molecule has 0 aromatic heterocycles. The lowest BCUT2D eigenvalue weighted by molar-refractivity contribution is -0.135. The van der Waals surface area contributed by atoms with Crippen LogP contribution in [0.3, 0.4) is 0 Å². The summed E-state index contributed by atoms with van der Waals surface area (Å²) in [6.07, 6.45) is -3.20. The van der Waals surface area contributed by atoms with E-state index in [1.165, 1.54) is 16.7 Å². The lowest BCUT2D eigenvalue weighted by atomic mass is 9.96. The van der Waals surface area contributed by atoms with Crippen molar-refractivity contribution in [3.8, 4) is 0 Å². The van der Waals surface area contributed by atoms with Gasteiger partial charge < -0.3 is 5.32 Å². The molecule has 1 unspecified atom stereocenters. The molecular weight excluding hydrogens is 263 g/mol. The van der Waals surface area contributed by atoms with E-state index in [0.717, 1.165) is 13.0 Å². The summed E-state index contributed by atoms with van der Waals surface area (Å²) in [5.74, 6) is 0. The van der Waals surface area contributed by atoms with Crippen LogP contribution >= 0.6 is 0 Å². The van der Waals surface area contributed by atoms with Crippen LogP contribution in [0, 0.1) is 13.8 Å². The monoisotopic (exact) mass is 287 g/mol. The van der Waals surface area contributed by atoms with E-state index in [0.29, 0.717) is 6.42 Å². The third kappa shape index (κ3) is 6.42. The highest BCUT2D eigenvalue weighted by Crippen LogP contribution is 2.23. The molecule has 0 amide bonds. The summed E-state index contributed by atoms with van der Waals surface area (Å²) in [7, 11) is 0. The molecule has 1 nitrogen and oxygen atoms in total. The summed E-state index contributed by atoms with van der Waals surface area (Å²) in [6.45, 7) is 6.85. The molecule has 1 aromatic rings. The first-order valence-electron chi connectivity index (χ1n) is 7.18. The number of benzene rings is 1. The smallest absolute Gasteiger partial charge is 0.314 e. The van der Waals surface area contributed by atoms with E-state index >= 15 is 0 Å². The Labute approximate surface area is 119 Å². The first-order chi connectivity index (χ1) is 9.31. The summed E-state index contributed by atoms with van der Waals surface area (Å²) in [6, 6.07) is 6.38. The van der Waals surface area contributed by atoms with Gasteiger partial charge >= 0.3 is 6.18 Å². The van der Waals surface area contributed by atoms with Crippen LogP contribution in [0.4, 0.5) is 13.2 Å². The van der Waals surface area contributed by atoms with Crippen LogP contribution in [0.2, 0.25) is 0 Å². The van der Waals surface area contributed by atoms with Crippen molar-refractivity contribution in [2.45, 2.75) is 58.7 Å². The zero-order valence-electron chi connectivity index (χ0n) is 12.5. The van der Waals surface area contributed by atoms with Gasteiger partial charge in [0.1, 0.15) is 0 Å². The van der Waals surface area contributed by atoms with Crippen LogP contribution in [0.25, 0.3) is 0 Å². The normalized spacial score (nSPS) is 13.5. The van der Waals surface area contributed by atoms with Crippen LogP contribution in [-0.2, 0) is 6.42 Å². The minimum atomic E-state index is -4.05. The third-order valence-corrected chi connectivity index (χ3v) is 3.48. The lowest BCUT2D eigenvalue weighted by Gasteiger charge is -2.20. The van der Waals surface area contributed by atoms with Crippen molar-refractivity contribution in [2.75, 3.05) is 6.54 Å². The van der Waals surface area contributed by atoms with E-state index < -0.39 is 12.6 Å². The number of alkyl halides is 3. The van der Waals surface area contributed by atoms with Gasteiger partial charge in [0.25, 0.3) is 0 Å².